The van der Waals surface area contributed by atoms with Crippen LogP contribution < -0.4 is 15.4 Å². The predicted molar refractivity (Wildman–Crippen MR) is 90.7 cm³/mol. The minimum absolute atomic E-state index is 0.223. The molecule has 1 aromatic rings. The number of ether oxygens (including phenoxy) is 1. The topological polar surface area (TPSA) is 45.6 Å². The van der Waals surface area contributed by atoms with Crippen molar-refractivity contribution in [2.75, 3.05) is 20.2 Å². The van der Waals surface area contributed by atoms with Gasteiger partial charge in [0, 0.05) is 18.0 Å². The van der Waals surface area contributed by atoms with Crippen molar-refractivity contribution in [3.63, 3.8) is 0 Å². The SMILES string of the molecule is COc1ccc(C2(CNC3=NCC(C)N3)CCCCC2)cc1. The highest BCUT2D eigenvalue weighted by Gasteiger charge is 2.34. The van der Waals surface area contributed by atoms with Crippen LogP contribution in [0.3, 0.4) is 0 Å². The van der Waals surface area contributed by atoms with Crippen LogP contribution in [-0.4, -0.2) is 32.2 Å². The summed E-state index contributed by atoms with van der Waals surface area (Å²) in [5.74, 6) is 1.89. The molecule has 1 atom stereocenters. The third kappa shape index (κ3) is 3.21. The fraction of sp³-hybridized carbons (Fsp3) is 0.611. The molecule has 22 heavy (non-hydrogen) atoms. The average Bonchev–Trinajstić information content (AvgIpc) is 2.99. The molecule has 1 aliphatic carbocycles. The highest BCUT2D eigenvalue weighted by molar-refractivity contribution is 5.81. The van der Waals surface area contributed by atoms with Crippen molar-refractivity contribution in [1.82, 2.24) is 10.6 Å². The van der Waals surface area contributed by atoms with Gasteiger partial charge in [0.15, 0.2) is 5.96 Å². The second-order valence-corrected chi connectivity index (χ2v) is 6.66. The second-order valence-electron chi connectivity index (χ2n) is 6.66. The minimum Gasteiger partial charge on any atom is -0.497 e. The van der Waals surface area contributed by atoms with Gasteiger partial charge in [0.05, 0.1) is 13.7 Å². The lowest BCUT2D eigenvalue weighted by molar-refractivity contribution is 0.291. The molecule has 0 amide bonds. The number of aliphatic imine (C=N–C) groups is 1. The van der Waals surface area contributed by atoms with Gasteiger partial charge in [-0.3, -0.25) is 4.99 Å². The van der Waals surface area contributed by atoms with Gasteiger partial charge in [-0.15, -0.1) is 0 Å². The van der Waals surface area contributed by atoms with Crippen LogP contribution in [0.15, 0.2) is 29.3 Å². The van der Waals surface area contributed by atoms with Crippen LogP contribution in [0.2, 0.25) is 0 Å². The van der Waals surface area contributed by atoms with Crippen LogP contribution in [-0.2, 0) is 5.41 Å². The average molecular weight is 301 g/mol. The van der Waals surface area contributed by atoms with E-state index in [1.807, 2.05) is 0 Å². The Balaban J connectivity index is 1.75. The Morgan fingerprint density at radius 2 is 1.95 bits per heavy atom. The third-order valence-electron chi connectivity index (χ3n) is 5.01. The van der Waals surface area contributed by atoms with Gasteiger partial charge >= 0.3 is 0 Å². The van der Waals surface area contributed by atoms with E-state index >= 15 is 0 Å². The highest BCUT2D eigenvalue weighted by Crippen LogP contribution is 2.39. The molecule has 1 heterocycles. The summed E-state index contributed by atoms with van der Waals surface area (Å²) in [6.07, 6.45) is 6.46. The summed E-state index contributed by atoms with van der Waals surface area (Å²) in [6, 6.07) is 9.08. The van der Waals surface area contributed by atoms with Crippen molar-refractivity contribution in [1.29, 1.82) is 0 Å². The van der Waals surface area contributed by atoms with Crippen molar-refractivity contribution in [3.8, 4) is 5.75 Å². The minimum atomic E-state index is 0.223. The zero-order valence-corrected chi connectivity index (χ0v) is 13.7. The lowest BCUT2D eigenvalue weighted by Crippen LogP contribution is -2.46. The zero-order chi connectivity index (χ0) is 15.4. The Morgan fingerprint density at radius 3 is 2.55 bits per heavy atom. The van der Waals surface area contributed by atoms with E-state index in [0.717, 1.165) is 24.8 Å². The molecule has 120 valence electrons. The summed E-state index contributed by atoms with van der Waals surface area (Å²) >= 11 is 0. The highest BCUT2D eigenvalue weighted by atomic mass is 16.5. The normalized spacial score (nSPS) is 23.5. The Bertz CT molecular complexity index is 518. The van der Waals surface area contributed by atoms with E-state index in [1.54, 1.807) is 7.11 Å². The molecule has 1 aliphatic heterocycles. The van der Waals surface area contributed by atoms with Crippen molar-refractivity contribution in [2.24, 2.45) is 4.99 Å². The maximum atomic E-state index is 5.30. The summed E-state index contributed by atoms with van der Waals surface area (Å²) in [5.41, 5.74) is 1.65. The number of rotatable bonds is 4. The number of hydrogen-bond donors (Lipinski definition) is 2. The van der Waals surface area contributed by atoms with Gasteiger partial charge in [-0.1, -0.05) is 31.4 Å². The number of nitrogens with zero attached hydrogens (tertiary/aromatic N) is 1. The van der Waals surface area contributed by atoms with Gasteiger partial charge in [-0.25, -0.2) is 0 Å². The number of benzene rings is 1. The molecule has 1 aromatic carbocycles. The van der Waals surface area contributed by atoms with Gasteiger partial charge < -0.3 is 15.4 Å². The first-order valence-electron chi connectivity index (χ1n) is 8.41. The zero-order valence-electron chi connectivity index (χ0n) is 13.7. The van der Waals surface area contributed by atoms with E-state index in [0.29, 0.717) is 6.04 Å². The molecule has 1 saturated carbocycles. The molecule has 4 nitrogen and oxygen atoms in total. The number of nitrogens with one attached hydrogen (secondary N) is 2. The number of guanidine groups is 1. The van der Waals surface area contributed by atoms with E-state index in [4.69, 9.17) is 4.74 Å². The van der Waals surface area contributed by atoms with Crippen molar-refractivity contribution >= 4 is 5.96 Å². The number of hydrogen-bond acceptors (Lipinski definition) is 4. The number of methoxy groups -OCH3 is 1. The molecule has 2 N–H and O–H groups in total. The standard InChI is InChI=1S/C18H27N3O/c1-14-12-19-17(21-14)20-13-18(10-4-3-5-11-18)15-6-8-16(22-2)9-7-15/h6-9,14H,3-5,10-13H2,1-2H3,(H2,19,20,21). The maximum Gasteiger partial charge on any atom is 0.191 e. The molecule has 1 fully saturated rings. The first-order valence-corrected chi connectivity index (χ1v) is 8.41. The van der Waals surface area contributed by atoms with Crippen molar-refractivity contribution in [2.45, 2.75) is 50.5 Å². The fourth-order valence-corrected chi connectivity index (χ4v) is 3.65. The molecule has 0 radical (unpaired) electrons. The molecule has 3 rings (SSSR count). The molecule has 1 unspecified atom stereocenters. The first-order chi connectivity index (χ1) is 10.7. The van der Waals surface area contributed by atoms with Gasteiger partial charge in [0.1, 0.15) is 5.75 Å². The van der Waals surface area contributed by atoms with Crippen LogP contribution in [0.4, 0.5) is 0 Å². The summed E-state index contributed by atoms with van der Waals surface area (Å²) in [4.78, 5) is 4.53. The van der Waals surface area contributed by atoms with Gasteiger partial charge in [-0.05, 0) is 37.5 Å². The van der Waals surface area contributed by atoms with Crippen LogP contribution >= 0.6 is 0 Å². The van der Waals surface area contributed by atoms with E-state index < -0.39 is 0 Å². The van der Waals surface area contributed by atoms with Gasteiger partial charge in [-0.2, -0.15) is 0 Å². The Labute approximate surface area is 133 Å². The van der Waals surface area contributed by atoms with E-state index in [9.17, 15) is 0 Å². The molecule has 0 aromatic heterocycles. The quantitative estimate of drug-likeness (QED) is 0.899. The summed E-state index contributed by atoms with van der Waals surface area (Å²) in [6.45, 7) is 3.99. The summed E-state index contributed by atoms with van der Waals surface area (Å²) in [5, 5.41) is 6.96. The van der Waals surface area contributed by atoms with Gasteiger partial charge in [0.2, 0.25) is 0 Å². The molecular formula is C18H27N3O. The summed E-state index contributed by atoms with van der Waals surface area (Å²) < 4.78 is 5.30. The lowest BCUT2D eigenvalue weighted by Gasteiger charge is -2.38. The molecule has 0 spiro atoms. The molecule has 4 heteroatoms. The van der Waals surface area contributed by atoms with Crippen molar-refractivity contribution in [3.05, 3.63) is 29.8 Å². The van der Waals surface area contributed by atoms with Crippen LogP contribution in [0.5, 0.6) is 5.75 Å². The van der Waals surface area contributed by atoms with E-state index in [1.165, 1.54) is 37.7 Å². The molecule has 0 bridgehead atoms. The van der Waals surface area contributed by atoms with Gasteiger partial charge in [0.25, 0.3) is 0 Å². The molecule has 0 saturated heterocycles. The Morgan fingerprint density at radius 1 is 1.23 bits per heavy atom. The largest absolute Gasteiger partial charge is 0.497 e. The maximum absolute atomic E-state index is 5.30. The van der Waals surface area contributed by atoms with Crippen LogP contribution in [0.1, 0.15) is 44.6 Å². The van der Waals surface area contributed by atoms with E-state index in [2.05, 4.69) is 46.8 Å². The molecule has 2 aliphatic rings. The predicted octanol–water partition coefficient (Wildman–Crippen LogP) is 2.83. The summed E-state index contributed by atoms with van der Waals surface area (Å²) in [7, 11) is 1.72. The second kappa shape index (κ2) is 6.59. The van der Waals surface area contributed by atoms with Crippen LogP contribution in [0, 0.1) is 0 Å². The van der Waals surface area contributed by atoms with E-state index in [-0.39, 0.29) is 5.41 Å². The lowest BCUT2D eigenvalue weighted by atomic mass is 9.69. The smallest absolute Gasteiger partial charge is 0.191 e. The monoisotopic (exact) mass is 301 g/mol. The fourth-order valence-electron chi connectivity index (χ4n) is 3.65. The molecular weight excluding hydrogens is 274 g/mol. The van der Waals surface area contributed by atoms with Crippen molar-refractivity contribution < 1.29 is 4.74 Å². The van der Waals surface area contributed by atoms with Crippen LogP contribution in [0.25, 0.3) is 0 Å². The Kier molecular flexibility index (Phi) is 4.55. The first kappa shape index (κ1) is 15.2. The third-order valence-corrected chi connectivity index (χ3v) is 5.01. The Hall–Kier alpha value is -1.71.